The molecular formula is C19H20F2N4O5. The predicted molar refractivity (Wildman–Crippen MR) is 98.2 cm³/mol. The van der Waals surface area contributed by atoms with Gasteiger partial charge in [-0.3, -0.25) is 4.79 Å². The van der Waals surface area contributed by atoms with Crippen molar-refractivity contribution in [1.82, 2.24) is 20.2 Å². The van der Waals surface area contributed by atoms with Crippen LogP contribution in [0.25, 0.3) is 0 Å². The summed E-state index contributed by atoms with van der Waals surface area (Å²) in [6, 6.07) is 0.0547. The van der Waals surface area contributed by atoms with Crippen LogP contribution in [0.2, 0.25) is 0 Å². The van der Waals surface area contributed by atoms with Gasteiger partial charge in [-0.15, -0.1) is 0 Å². The number of rotatable bonds is 5. The number of halogens is 2. The maximum atomic E-state index is 14.6. The second-order valence-corrected chi connectivity index (χ2v) is 6.58. The normalized spacial score (nSPS) is 16.4. The molecule has 0 aliphatic carbocycles. The first-order chi connectivity index (χ1) is 14.3. The molecule has 3 rings (SSSR count). The summed E-state index contributed by atoms with van der Waals surface area (Å²) in [6.07, 6.45) is 1.39. The molecule has 11 heteroatoms. The number of aromatic amines is 1. The number of ether oxygens (including phenoxy) is 2. The summed E-state index contributed by atoms with van der Waals surface area (Å²) in [4.78, 5) is 45.0. The van der Waals surface area contributed by atoms with Crippen molar-refractivity contribution in [2.24, 2.45) is 0 Å². The van der Waals surface area contributed by atoms with Gasteiger partial charge in [-0.2, -0.15) is 0 Å². The van der Waals surface area contributed by atoms with Gasteiger partial charge < -0.3 is 24.7 Å². The van der Waals surface area contributed by atoms with Crippen LogP contribution in [0.3, 0.4) is 0 Å². The molecule has 1 aliphatic rings. The third kappa shape index (κ3) is 4.24. The number of hydrogen-bond donors (Lipinski definition) is 2. The fraction of sp³-hybridized carbons (Fsp3) is 0.368. The van der Waals surface area contributed by atoms with Crippen molar-refractivity contribution in [3.63, 3.8) is 0 Å². The smallest absolute Gasteiger partial charge is 0.329 e. The van der Waals surface area contributed by atoms with Crippen molar-refractivity contribution in [3.05, 3.63) is 53.1 Å². The fourth-order valence-electron chi connectivity index (χ4n) is 3.35. The van der Waals surface area contributed by atoms with Crippen LogP contribution in [-0.2, 0) is 25.5 Å². The van der Waals surface area contributed by atoms with E-state index in [2.05, 4.69) is 24.8 Å². The summed E-state index contributed by atoms with van der Waals surface area (Å²) in [5.74, 6) is -3.15. The Kier molecular flexibility index (Phi) is 6.28. The Hall–Kier alpha value is -3.50. The van der Waals surface area contributed by atoms with Crippen LogP contribution >= 0.6 is 0 Å². The van der Waals surface area contributed by atoms with Gasteiger partial charge in [0.15, 0.2) is 0 Å². The number of nitrogens with zero attached hydrogens (tertiary/aromatic N) is 2. The Morgan fingerprint density at radius 3 is 2.73 bits per heavy atom. The van der Waals surface area contributed by atoms with Gasteiger partial charge in [-0.1, -0.05) is 6.07 Å². The Labute approximate surface area is 170 Å². The molecule has 30 heavy (non-hydrogen) atoms. The molecule has 0 radical (unpaired) electrons. The monoisotopic (exact) mass is 422 g/mol. The van der Waals surface area contributed by atoms with Gasteiger partial charge in [0.1, 0.15) is 23.7 Å². The van der Waals surface area contributed by atoms with Crippen LogP contribution in [0.15, 0.2) is 24.5 Å². The zero-order valence-corrected chi connectivity index (χ0v) is 16.3. The first-order valence-corrected chi connectivity index (χ1v) is 9.04. The highest BCUT2D eigenvalue weighted by Gasteiger charge is 2.37. The minimum Gasteiger partial charge on any atom is -0.469 e. The first kappa shape index (κ1) is 21.2. The molecule has 9 nitrogen and oxygen atoms in total. The van der Waals surface area contributed by atoms with E-state index in [0.717, 1.165) is 26.4 Å². The van der Waals surface area contributed by atoms with Gasteiger partial charge in [0.05, 0.1) is 32.7 Å². The topological polar surface area (TPSA) is 114 Å². The summed E-state index contributed by atoms with van der Waals surface area (Å²) >= 11 is 0. The maximum absolute atomic E-state index is 14.6. The summed E-state index contributed by atoms with van der Waals surface area (Å²) in [7, 11) is 2.27. The molecule has 0 bridgehead atoms. The Morgan fingerprint density at radius 1 is 1.30 bits per heavy atom. The van der Waals surface area contributed by atoms with Crippen molar-refractivity contribution < 1.29 is 32.6 Å². The van der Waals surface area contributed by atoms with Crippen molar-refractivity contribution in [3.8, 4) is 0 Å². The summed E-state index contributed by atoms with van der Waals surface area (Å²) in [6.45, 7) is 0.161. The zero-order chi connectivity index (χ0) is 21.8. The number of fused-ring (bicyclic) bond motifs is 1. The number of methoxy groups -OCH3 is 2. The van der Waals surface area contributed by atoms with E-state index in [1.165, 1.54) is 17.3 Å². The van der Waals surface area contributed by atoms with Crippen LogP contribution in [0.5, 0.6) is 0 Å². The number of imidazole rings is 1. The van der Waals surface area contributed by atoms with Gasteiger partial charge in [-0.05, 0) is 6.07 Å². The summed E-state index contributed by atoms with van der Waals surface area (Å²) in [5, 5.41) is 2.43. The number of H-pyrrole nitrogens is 1. The van der Waals surface area contributed by atoms with Crippen LogP contribution in [0.1, 0.15) is 29.4 Å². The van der Waals surface area contributed by atoms with Crippen molar-refractivity contribution in [2.45, 2.75) is 24.9 Å². The second kappa shape index (κ2) is 8.89. The number of nitrogens with one attached hydrogen (secondary N) is 2. The number of esters is 2. The molecule has 1 aromatic heterocycles. The number of amides is 2. The lowest BCUT2D eigenvalue weighted by atomic mass is 9.95. The van der Waals surface area contributed by atoms with Gasteiger partial charge in [0, 0.05) is 30.3 Å². The van der Waals surface area contributed by atoms with E-state index in [9.17, 15) is 23.2 Å². The zero-order valence-electron chi connectivity index (χ0n) is 16.3. The molecule has 0 spiro atoms. The number of carbonyl (C=O) groups excluding carboxylic acids is 3. The molecule has 0 fully saturated rings. The third-order valence-corrected chi connectivity index (χ3v) is 4.82. The van der Waals surface area contributed by atoms with E-state index in [-0.39, 0.29) is 12.1 Å². The molecule has 2 N–H and O–H groups in total. The Morgan fingerprint density at radius 2 is 2.07 bits per heavy atom. The van der Waals surface area contributed by atoms with Crippen LogP contribution in [0, 0.1) is 11.6 Å². The largest absolute Gasteiger partial charge is 0.469 e. The van der Waals surface area contributed by atoms with Crippen molar-refractivity contribution in [2.75, 3.05) is 20.8 Å². The highest BCUT2D eigenvalue weighted by molar-refractivity contribution is 5.87. The molecule has 2 aromatic rings. The van der Waals surface area contributed by atoms with E-state index in [1.807, 2.05) is 0 Å². The molecule has 0 saturated heterocycles. The van der Waals surface area contributed by atoms with Crippen LogP contribution in [-0.4, -0.2) is 59.6 Å². The standard InChI is InChI=1S/C19H20F2N4O5/c1-29-15(26)8-14(18(27)30-2)24-19(28)25-6-5-13-16(23-9-22-13)17(25)11-4-3-10(20)7-12(11)21/h3-4,7,9,14,17H,5-6,8H2,1-2H3,(H,22,23)(H,24,28)/t14-,17?/m1/s1. The number of benzene rings is 1. The SMILES string of the molecule is COC(=O)C[C@@H](NC(=O)N1CCc2[nH]cnc2C1c1ccc(F)cc1F)C(=O)OC. The third-order valence-electron chi connectivity index (χ3n) is 4.82. The molecular weight excluding hydrogens is 402 g/mol. The van der Waals surface area contributed by atoms with E-state index >= 15 is 0 Å². The lowest BCUT2D eigenvalue weighted by Crippen LogP contribution is -2.52. The molecule has 1 aromatic carbocycles. The van der Waals surface area contributed by atoms with Gasteiger partial charge >= 0.3 is 18.0 Å². The Balaban J connectivity index is 1.93. The maximum Gasteiger partial charge on any atom is 0.329 e. The summed E-state index contributed by atoms with van der Waals surface area (Å²) < 4.78 is 37.2. The van der Waals surface area contributed by atoms with Gasteiger partial charge in [0.2, 0.25) is 0 Å². The van der Waals surface area contributed by atoms with Crippen molar-refractivity contribution in [1.29, 1.82) is 0 Å². The lowest BCUT2D eigenvalue weighted by Gasteiger charge is -2.36. The second-order valence-electron chi connectivity index (χ2n) is 6.58. The predicted octanol–water partition coefficient (Wildman–Crippen LogP) is 1.45. The van der Waals surface area contributed by atoms with Gasteiger partial charge in [-0.25, -0.2) is 23.4 Å². The molecule has 2 atom stereocenters. The highest BCUT2D eigenvalue weighted by atomic mass is 19.1. The molecule has 2 heterocycles. The van der Waals surface area contributed by atoms with E-state index in [0.29, 0.717) is 17.8 Å². The van der Waals surface area contributed by atoms with Crippen molar-refractivity contribution >= 4 is 18.0 Å². The quantitative estimate of drug-likeness (QED) is 0.705. The fourth-order valence-corrected chi connectivity index (χ4v) is 3.35. The van der Waals surface area contributed by atoms with E-state index < -0.39 is 48.1 Å². The average molecular weight is 422 g/mol. The Bertz CT molecular complexity index is 964. The average Bonchev–Trinajstić information content (AvgIpc) is 3.21. The van der Waals surface area contributed by atoms with Crippen LogP contribution < -0.4 is 5.32 Å². The lowest BCUT2D eigenvalue weighted by molar-refractivity contribution is -0.149. The number of hydrogen-bond acceptors (Lipinski definition) is 6. The summed E-state index contributed by atoms with van der Waals surface area (Å²) in [5.41, 5.74) is 1.17. The molecule has 1 aliphatic heterocycles. The van der Waals surface area contributed by atoms with E-state index in [1.54, 1.807) is 0 Å². The minimum atomic E-state index is -1.30. The first-order valence-electron chi connectivity index (χ1n) is 9.04. The highest BCUT2D eigenvalue weighted by Crippen LogP contribution is 2.34. The molecule has 160 valence electrons. The van der Waals surface area contributed by atoms with Gasteiger partial charge in [0.25, 0.3) is 0 Å². The number of carbonyl (C=O) groups is 3. The molecule has 0 saturated carbocycles. The van der Waals surface area contributed by atoms with Crippen LogP contribution in [0.4, 0.5) is 13.6 Å². The molecule has 1 unspecified atom stereocenters. The van der Waals surface area contributed by atoms with E-state index in [4.69, 9.17) is 0 Å². The number of aromatic nitrogens is 2. The molecule has 2 amide bonds. The number of urea groups is 1. The minimum absolute atomic E-state index is 0.0437.